The third-order valence-corrected chi connectivity index (χ3v) is 27.8. The molecule has 0 unspecified atom stereocenters. The van der Waals surface area contributed by atoms with Crippen LogP contribution in [-0.4, -0.2) is 15.0 Å². The number of rotatable bonds is 10. The number of aromatic nitrogens is 3. The van der Waals surface area contributed by atoms with Crippen LogP contribution >= 0.6 is 0 Å². The molecule has 133 heavy (non-hydrogen) atoms. The van der Waals surface area contributed by atoms with E-state index in [2.05, 4.69) is 474 Å². The molecule has 0 amide bonds. The molecule has 3 heterocycles. The Balaban J connectivity index is 0.000000105. The second-order valence-corrected chi connectivity index (χ2v) is 35.3. The maximum absolute atomic E-state index is 5.39. The molecule has 0 fully saturated rings. The number of hydrogen-bond acceptors (Lipinski definition) is 3. The Bertz CT molecular complexity index is 9090. The minimum absolute atomic E-state index is 0.981. The number of fused-ring (bicyclic) bond motifs is 15. The van der Waals surface area contributed by atoms with Crippen LogP contribution < -0.4 is 0 Å². The highest BCUT2D eigenvalue weighted by Gasteiger charge is 2.36. The van der Waals surface area contributed by atoms with Crippen LogP contribution in [0.2, 0.25) is 0 Å². The Morgan fingerprint density at radius 1 is 0.150 bits per heavy atom. The molecule has 0 atom stereocenters. The second kappa shape index (κ2) is 31.5. The fraction of sp³-hybridized carbons (Fsp3) is 0.00769. The van der Waals surface area contributed by atoms with E-state index in [1.54, 1.807) is 0 Å². The van der Waals surface area contributed by atoms with Gasteiger partial charge in [0.2, 0.25) is 0 Å². The molecule has 3 aliphatic rings. The van der Waals surface area contributed by atoms with E-state index in [-0.39, 0.29) is 0 Å². The SMILES string of the molecule is Cc1nc(-c2cc3c4c(cccc4c2)-c2c-3c(-c3ccccc3)c3ccccc3c2-c2ccccc2)cc2ccccc12.c1ccc(-c2c3c(c(-c4ccccc4)c4ccccc24)-c2cc(-c4cc5ccccc5cn4)cc4cccc-3c24)cc1.c1ccc(-c2nc(-c3cc4c5c(cccc5c3)-c3c-4c(-c4ccccc4)c4ccccc4c3-c3ccccc3)cc3ccccc23)cc1. The minimum Gasteiger partial charge on any atom is -0.256 e. The largest absolute Gasteiger partial charge is 0.256 e. The molecule has 3 aromatic heterocycles. The summed E-state index contributed by atoms with van der Waals surface area (Å²) in [5, 5.41) is 22.5. The molecule has 22 aromatic carbocycles. The van der Waals surface area contributed by atoms with Crippen molar-refractivity contribution in [1.82, 2.24) is 15.0 Å². The van der Waals surface area contributed by atoms with Crippen LogP contribution in [0.1, 0.15) is 5.69 Å². The molecule has 3 aliphatic carbocycles. The highest BCUT2D eigenvalue weighted by atomic mass is 14.7. The first-order valence-corrected chi connectivity index (χ1v) is 45.9. The Kier molecular flexibility index (Phi) is 18.2. The lowest BCUT2D eigenvalue weighted by Gasteiger charge is -2.20. The molecule has 0 bridgehead atoms. The van der Waals surface area contributed by atoms with Crippen molar-refractivity contribution in [2.45, 2.75) is 6.92 Å². The zero-order valence-corrected chi connectivity index (χ0v) is 72.9. The summed E-state index contributed by atoms with van der Waals surface area (Å²) in [6.07, 6.45) is 2.00. The van der Waals surface area contributed by atoms with Gasteiger partial charge in [-0.05, 0) is 276 Å². The average Bonchev–Trinajstić information content (AvgIpc) is 1.55. The molecule has 0 saturated heterocycles. The van der Waals surface area contributed by atoms with Gasteiger partial charge in [-0.25, -0.2) is 4.98 Å². The topological polar surface area (TPSA) is 38.7 Å². The molecular formula is C130H81N3. The summed E-state index contributed by atoms with van der Waals surface area (Å²) in [5.74, 6) is 0. The molecule has 28 rings (SSSR count). The molecule has 616 valence electrons. The van der Waals surface area contributed by atoms with Crippen LogP contribution in [0.25, 0.3) is 276 Å². The summed E-state index contributed by atoms with van der Waals surface area (Å²) < 4.78 is 0. The Hall–Kier alpha value is -17.4. The van der Waals surface area contributed by atoms with Crippen molar-refractivity contribution in [2.24, 2.45) is 0 Å². The van der Waals surface area contributed by atoms with Crippen LogP contribution in [-0.2, 0) is 0 Å². The lowest BCUT2D eigenvalue weighted by Crippen LogP contribution is -1.94. The molecule has 3 nitrogen and oxygen atoms in total. The Morgan fingerprint density at radius 3 is 0.744 bits per heavy atom. The van der Waals surface area contributed by atoms with Gasteiger partial charge < -0.3 is 0 Å². The van der Waals surface area contributed by atoms with Gasteiger partial charge in [0.1, 0.15) is 0 Å². The lowest BCUT2D eigenvalue weighted by atomic mass is 9.82. The van der Waals surface area contributed by atoms with E-state index in [0.717, 1.165) is 61.5 Å². The minimum atomic E-state index is 0.981. The smallest absolute Gasteiger partial charge is 0.0787 e. The predicted octanol–water partition coefficient (Wildman–Crippen LogP) is 35.5. The summed E-state index contributed by atoms with van der Waals surface area (Å²) in [6.45, 7) is 2.12. The van der Waals surface area contributed by atoms with E-state index in [1.165, 1.54) is 220 Å². The third-order valence-electron chi connectivity index (χ3n) is 27.8. The molecule has 25 aromatic rings. The number of aryl methyl sites for hydroxylation is 1. The van der Waals surface area contributed by atoms with Crippen molar-refractivity contribution in [3.8, 4) is 179 Å². The summed E-state index contributed by atoms with van der Waals surface area (Å²) in [5.41, 5.74) is 40.4. The van der Waals surface area contributed by atoms with Crippen molar-refractivity contribution in [3.63, 3.8) is 0 Å². The number of hydrogen-bond donors (Lipinski definition) is 0. The van der Waals surface area contributed by atoms with Crippen molar-refractivity contribution in [3.05, 3.63) is 479 Å². The molecule has 0 spiro atoms. The van der Waals surface area contributed by atoms with Gasteiger partial charge in [0, 0.05) is 50.3 Å². The average molecular weight is 1690 g/mol. The molecule has 0 radical (unpaired) electrons. The van der Waals surface area contributed by atoms with Crippen LogP contribution in [0.3, 0.4) is 0 Å². The molecular weight excluding hydrogens is 1600 g/mol. The van der Waals surface area contributed by atoms with Gasteiger partial charge in [0.15, 0.2) is 0 Å². The first-order valence-electron chi connectivity index (χ1n) is 45.9. The van der Waals surface area contributed by atoms with Gasteiger partial charge in [0.25, 0.3) is 0 Å². The van der Waals surface area contributed by atoms with Gasteiger partial charge in [-0.2, -0.15) is 0 Å². The van der Waals surface area contributed by atoms with Gasteiger partial charge in [-0.3, -0.25) is 9.97 Å². The van der Waals surface area contributed by atoms with E-state index in [4.69, 9.17) is 15.0 Å². The summed E-state index contributed by atoms with van der Waals surface area (Å²) >= 11 is 0. The summed E-state index contributed by atoms with van der Waals surface area (Å²) in [6, 6.07) is 170. The standard InChI is InChI=1S/C47H29N.C42H27N.C41H25N/c1-4-15-30(16-5-1)43-37-24-12-13-25-38(37)44(31-17-6-2-7-18-31)46-40-28-35(27-34-22-14-26-39(42(34)40)45(43)46)41-29-33-21-10-11-23-36(33)47(48-41)32-19-8-3-9-20-32;1-26-32-19-9-8-17-29(32)25-37(43-26)31-23-30-18-12-22-35-38(30)36(24-31)42-40(28-15-6-3-7-16-28)34-21-11-10-20-33(34)39(41(35)42)27-13-4-2-5-14-27;1-3-12-26(13-4-1)38-32-19-9-10-20-33(32)39(27-14-5-2-6-15-27)41-35-23-31(22-29-18-11-21-34(37(29)35)40(38)41)36-24-28-16-7-8-17-30(28)25-42-36/h1-29H;2-25H,1H3;1-25H. The van der Waals surface area contributed by atoms with E-state index in [0.29, 0.717) is 0 Å². The van der Waals surface area contributed by atoms with Crippen LogP contribution in [0.5, 0.6) is 0 Å². The zero-order valence-electron chi connectivity index (χ0n) is 72.9. The molecule has 3 heteroatoms. The van der Waals surface area contributed by atoms with Gasteiger partial charge in [-0.1, -0.05) is 413 Å². The first-order chi connectivity index (χ1) is 65.9. The van der Waals surface area contributed by atoms with Crippen molar-refractivity contribution >= 4 is 97.0 Å². The maximum atomic E-state index is 5.39. The van der Waals surface area contributed by atoms with Crippen LogP contribution in [0.4, 0.5) is 0 Å². The van der Waals surface area contributed by atoms with Gasteiger partial charge >= 0.3 is 0 Å². The Labute approximate surface area is 770 Å². The third kappa shape index (κ3) is 12.6. The fourth-order valence-electron chi connectivity index (χ4n) is 22.2. The molecule has 0 aliphatic heterocycles. The highest BCUT2D eigenvalue weighted by Crippen LogP contribution is 2.63. The van der Waals surface area contributed by atoms with Crippen LogP contribution in [0, 0.1) is 6.92 Å². The quantitative estimate of drug-likeness (QED) is 0.137. The summed E-state index contributed by atoms with van der Waals surface area (Å²) in [4.78, 5) is 15.4. The van der Waals surface area contributed by atoms with E-state index in [9.17, 15) is 0 Å². The van der Waals surface area contributed by atoms with Crippen molar-refractivity contribution in [2.75, 3.05) is 0 Å². The summed E-state index contributed by atoms with van der Waals surface area (Å²) in [7, 11) is 0. The maximum Gasteiger partial charge on any atom is 0.0787 e. The normalized spacial score (nSPS) is 11.8. The predicted molar refractivity (Wildman–Crippen MR) is 563 cm³/mol. The number of benzene rings is 22. The van der Waals surface area contributed by atoms with E-state index < -0.39 is 0 Å². The van der Waals surface area contributed by atoms with Gasteiger partial charge in [-0.15, -0.1) is 0 Å². The number of pyridine rings is 3. The van der Waals surface area contributed by atoms with E-state index >= 15 is 0 Å². The van der Waals surface area contributed by atoms with Crippen molar-refractivity contribution in [1.29, 1.82) is 0 Å². The monoisotopic (exact) mass is 1680 g/mol. The lowest BCUT2D eigenvalue weighted by molar-refractivity contribution is 1.24. The highest BCUT2D eigenvalue weighted by molar-refractivity contribution is 6.32. The molecule has 0 N–H and O–H groups in total. The second-order valence-electron chi connectivity index (χ2n) is 35.3. The van der Waals surface area contributed by atoms with Gasteiger partial charge in [0.05, 0.1) is 22.8 Å². The van der Waals surface area contributed by atoms with E-state index in [1.807, 2.05) is 6.20 Å². The fourth-order valence-corrected chi connectivity index (χ4v) is 22.2. The number of nitrogens with zero attached hydrogens (tertiary/aromatic N) is 3. The molecule has 0 saturated carbocycles. The van der Waals surface area contributed by atoms with Crippen molar-refractivity contribution < 1.29 is 0 Å². The van der Waals surface area contributed by atoms with Crippen LogP contribution in [0.15, 0.2) is 473 Å². The zero-order chi connectivity index (χ0) is 87.7. The Morgan fingerprint density at radius 2 is 0.398 bits per heavy atom. The first kappa shape index (κ1) is 76.8.